The molecule has 1 heterocycles. The van der Waals surface area contributed by atoms with Crippen molar-refractivity contribution in [3.63, 3.8) is 0 Å². The fourth-order valence-electron chi connectivity index (χ4n) is 2.67. The molecular weight excluding hydrogens is 186 g/mol. The van der Waals surface area contributed by atoms with Gasteiger partial charge in [0.1, 0.15) is 0 Å². The molecule has 0 aromatic rings. The minimum Gasteiger partial charge on any atom is -0.369 e. The molecule has 0 spiro atoms. The quantitative estimate of drug-likeness (QED) is 0.775. The first-order valence-electron chi connectivity index (χ1n) is 6.16. The van der Waals surface area contributed by atoms with Crippen molar-refractivity contribution in [1.82, 2.24) is 5.32 Å². The van der Waals surface area contributed by atoms with Gasteiger partial charge in [0.15, 0.2) is 0 Å². The molecular formula is C13H27NO. The van der Waals surface area contributed by atoms with Gasteiger partial charge in [-0.1, -0.05) is 13.8 Å². The molecule has 90 valence electrons. The molecule has 2 heteroatoms. The monoisotopic (exact) mass is 213 g/mol. The van der Waals surface area contributed by atoms with Crippen molar-refractivity contribution in [3.8, 4) is 0 Å². The van der Waals surface area contributed by atoms with Crippen molar-refractivity contribution in [2.45, 2.75) is 71.6 Å². The first-order valence-corrected chi connectivity index (χ1v) is 6.16. The van der Waals surface area contributed by atoms with Crippen LogP contribution in [-0.4, -0.2) is 23.8 Å². The van der Waals surface area contributed by atoms with Crippen LogP contribution in [0.4, 0.5) is 0 Å². The molecule has 1 rings (SSSR count). The van der Waals surface area contributed by atoms with E-state index in [9.17, 15) is 0 Å². The number of nitrogens with one attached hydrogen (secondary N) is 1. The summed E-state index contributed by atoms with van der Waals surface area (Å²) in [6.45, 7) is 14.3. The first-order chi connectivity index (χ1) is 6.73. The largest absolute Gasteiger partial charge is 0.369 e. The Morgan fingerprint density at radius 2 is 1.87 bits per heavy atom. The average Bonchev–Trinajstić information content (AvgIpc) is 2.18. The SMILES string of the molecule is CC(C)NCCC1CC(C)(C)OC1(C)C. The Balaban J connectivity index is 2.41. The normalized spacial score (nSPS) is 28.6. The van der Waals surface area contributed by atoms with E-state index in [1.807, 2.05) is 0 Å². The van der Waals surface area contributed by atoms with E-state index in [1.54, 1.807) is 0 Å². The first kappa shape index (κ1) is 13.0. The Kier molecular flexibility index (Phi) is 3.83. The highest BCUT2D eigenvalue weighted by molar-refractivity contribution is 4.94. The van der Waals surface area contributed by atoms with E-state index in [0.717, 1.165) is 6.54 Å². The molecule has 2 nitrogen and oxygen atoms in total. The summed E-state index contributed by atoms with van der Waals surface area (Å²) >= 11 is 0. The maximum absolute atomic E-state index is 6.08. The third-order valence-electron chi connectivity index (χ3n) is 3.31. The van der Waals surface area contributed by atoms with Gasteiger partial charge < -0.3 is 10.1 Å². The molecule has 0 radical (unpaired) electrons. The summed E-state index contributed by atoms with van der Waals surface area (Å²) in [5.41, 5.74) is 0.105. The molecule has 1 N–H and O–H groups in total. The smallest absolute Gasteiger partial charge is 0.0663 e. The summed E-state index contributed by atoms with van der Waals surface area (Å²) in [6.07, 6.45) is 2.40. The van der Waals surface area contributed by atoms with E-state index in [0.29, 0.717) is 12.0 Å². The van der Waals surface area contributed by atoms with Gasteiger partial charge in [-0.15, -0.1) is 0 Å². The lowest BCUT2D eigenvalue weighted by atomic mass is 9.85. The molecule has 1 saturated heterocycles. The molecule has 0 saturated carbocycles. The molecule has 0 bridgehead atoms. The summed E-state index contributed by atoms with van der Waals surface area (Å²) in [5.74, 6) is 0.679. The standard InChI is InChI=1S/C13H27NO/c1-10(2)14-8-7-11-9-12(3,4)15-13(11,5)6/h10-11,14H,7-9H2,1-6H3. The van der Waals surface area contributed by atoms with Crippen LogP contribution < -0.4 is 5.32 Å². The predicted molar refractivity (Wildman–Crippen MR) is 65.1 cm³/mol. The summed E-state index contributed by atoms with van der Waals surface area (Å²) in [5, 5.41) is 3.48. The topological polar surface area (TPSA) is 21.3 Å². The molecule has 0 aliphatic carbocycles. The lowest BCUT2D eigenvalue weighted by Crippen LogP contribution is -2.32. The van der Waals surface area contributed by atoms with E-state index in [4.69, 9.17) is 4.74 Å². The zero-order valence-corrected chi connectivity index (χ0v) is 11.2. The van der Waals surface area contributed by atoms with Gasteiger partial charge in [-0.2, -0.15) is 0 Å². The van der Waals surface area contributed by atoms with Crippen molar-refractivity contribution in [1.29, 1.82) is 0 Å². The lowest BCUT2D eigenvalue weighted by Gasteiger charge is -2.27. The maximum Gasteiger partial charge on any atom is 0.0663 e. The third kappa shape index (κ3) is 3.76. The van der Waals surface area contributed by atoms with Crippen molar-refractivity contribution >= 4 is 0 Å². The Labute approximate surface area is 94.8 Å². The minimum atomic E-state index is 0.0438. The second-order valence-electron chi connectivity index (χ2n) is 6.26. The van der Waals surface area contributed by atoms with Crippen LogP contribution in [0.1, 0.15) is 54.4 Å². The fraction of sp³-hybridized carbons (Fsp3) is 1.00. The third-order valence-corrected chi connectivity index (χ3v) is 3.31. The Morgan fingerprint density at radius 3 is 2.27 bits per heavy atom. The highest BCUT2D eigenvalue weighted by atomic mass is 16.5. The van der Waals surface area contributed by atoms with Crippen LogP contribution in [-0.2, 0) is 4.74 Å². The van der Waals surface area contributed by atoms with Crippen LogP contribution in [0.3, 0.4) is 0 Å². The van der Waals surface area contributed by atoms with E-state index in [-0.39, 0.29) is 11.2 Å². The van der Waals surface area contributed by atoms with E-state index >= 15 is 0 Å². The molecule has 1 unspecified atom stereocenters. The number of rotatable bonds is 4. The van der Waals surface area contributed by atoms with Crippen molar-refractivity contribution in [2.75, 3.05) is 6.54 Å². The Morgan fingerprint density at radius 1 is 1.27 bits per heavy atom. The van der Waals surface area contributed by atoms with Crippen LogP contribution in [0, 0.1) is 5.92 Å². The van der Waals surface area contributed by atoms with Gasteiger partial charge in [-0.3, -0.25) is 0 Å². The molecule has 0 aromatic carbocycles. The fourth-order valence-corrected chi connectivity index (χ4v) is 2.67. The average molecular weight is 213 g/mol. The van der Waals surface area contributed by atoms with Crippen molar-refractivity contribution < 1.29 is 4.74 Å². The molecule has 15 heavy (non-hydrogen) atoms. The van der Waals surface area contributed by atoms with Gasteiger partial charge in [0, 0.05) is 6.04 Å². The Hall–Kier alpha value is -0.0800. The lowest BCUT2D eigenvalue weighted by molar-refractivity contribution is -0.0751. The van der Waals surface area contributed by atoms with Crippen LogP contribution >= 0.6 is 0 Å². The maximum atomic E-state index is 6.08. The highest BCUT2D eigenvalue weighted by Crippen LogP contribution is 2.43. The van der Waals surface area contributed by atoms with E-state index < -0.39 is 0 Å². The molecule has 0 amide bonds. The summed E-state index contributed by atoms with van der Waals surface area (Å²) in [7, 11) is 0. The number of ether oxygens (including phenoxy) is 1. The summed E-state index contributed by atoms with van der Waals surface area (Å²) < 4.78 is 6.08. The van der Waals surface area contributed by atoms with Crippen LogP contribution in [0.15, 0.2) is 0 Å². The zero-order valence-electron chi connectivity index (χ0n) is 11.2. The van der Waals surface area contributed by atoms with Gasteiger partial charge in [-0.05, 0) is 53.0 Å². The van der Waals surface area contributed by atoms with Crippen LogP contribution in [0.25, 0.3) is 0 Å². The van der Waals surface area contributed by atoms with Gasteiger partial charge >= 0.3 is 0 Å². The van der Waals surface area contributed by atoms with Gasteiger partial charge in [-0.25, -0.2) is 0 Å². The summed E-state index contributed by atoms with van der Waals surface area (Å²) in [6, 6.07) is 0.587. The zero-order chi connectivity index (χ0) is 11.7. The minimum absolute atomic E-state index is 0.0438. The molecule has 1 aliphatic rings. The summed E-state index contributed by atoms with van der Waals surface area (Å²) in [4.78, 5) is 0. The van der Waals surface area contributed by atoms with Gasteiger partial charge in [0.05, 0.1) is 11.2 Å². The van der Waals surface area contributed by atoms with Crippen LogP contribution in [0.2, 0.25) is 0 Å². The predicted octanol–water partition coefficient (Wildman–Crippen LogP) is 2.97. The molecule has 1 atom stereocenters. The Bertz CT molecular complexity index is 209. The number of hydrogen-bond donors (Lipinski definition) is 1. The van der Waals surface area contributed by atoms with Crippen molar-refractivity contribution in [2.24, 2.45) is 5.92 Å². The highest BCUT2D eigenvalue weighted by Gasteiger charge is 2.45. The van der Waals surface area contributed by atoms with E-state index in [1.165, 1.54) is 12.8 Å². The van der Waals surface area contributed by atoms with E-state index in [2.05, 4.69) is 46.9 Å². The van der Waals surface area contributed by atoms with Gasteiger partial charge in [0.25, 0.3) is 0 Å². The van der Waals surface area contributed by atoms with Gasteiger partial charge in [0.2, 0.25) is 0 Å². The molecule has 0 aromatic heterocycles. The number of hydrogen-bond acceptors (Lipinski definition) is 2. The van der Waals surface area contributed by atoms with Crippen molar-refractivity contribution in [3.05, 3.63) is 0 Å². The molecule has 1 fully saturated rings. The second-order valence-corrected chi connectivity index (χ2v) is 6.26. The second kappa shape index (κ2) is 4.42. The van der Waals surface area contributed by atoms with Crippen LogP contribution in [0.5, 0.6) is 0 Å². The molecule has 1 aliphatic heterocycles.